The molecule has 8 heteroatoms. The lowest BCUT2D eigenvalue weighted by Crippen LogP contribution is -2.41. The average molecular weight is 524 g/mol. The molecule has 4 atom stereocenters. The highest BCUT2D eigenvalue weighted by atomic mass is 79.9. The molecule has 0 spiro atoms. The van der Waals surface area contributed by atoms with E-state index >= 15 is 0 Å². The molecule has 0 saturated carbocycles. The van der Waals surface area contributed by atoms with Crippen molar-refractivity contribution in [3.05, 3.63) is 82.3 Å². The van der Waals surface area contributed by atoms with Gasteiger partial charge in [0, 0.05) is 16.1 Å². The Balaban J connectivity index is 1.68. The van der Waals surface area contributed by atoms with Gasteiger partial charge in [-0.05, 0) is 54.1 Å². The van der Waals surface area contributed by atoms with E-state index in [2.05, 4.69) is 26.8 Å². The zero-order valence-electron chi connectivity index (χ0n) is 19.1. The summed E-state index contributed by atoms with van der Waals surface area (Å²) in [6, 6.07) is 20.6. The van der Waals surface area contributed by atoms with Crippen LogP contribution in [0.15, 0.2) is 71.2 Å². The molecule has 4 unspecified atom stereocenters. The van der Waals surface area contributed by atoms with Gasteiger partial charge in [-0.25, -0.2) is 10.9 Å². The summed E-state index contributed by atoms with van der Waals surface area (Å²) in [6.07, 6.45) is 0. The fourth-order valence-electron chi connectivity index (χ4n) is 5.11. The van der Waals surface area contributed by atoms with Crippen molar-refractivity contribution < 1.29 is 19.0 Å². The molecule has 0 aliphatic carbocycles. The van der Waals surface area contributed by atoms with Gasteiger partial charge in [0.05, 0.1) is 39.0 Å². The Bertz CT molecular complexity index is 1160. The second-order valence-corrected chi connectivity index (χ2v) is 9.22. The molecule has 3 aromatic carbocycles. The molecule has 2 fully saturated rings. The van der Waals surface area contributed by atoms with Gasteiger partial charge in [-0.15, -0.1) is 0 Å². The molecule has 2 aliphatic rings. The van der Waals surface area contributed by atoms with Gasteiger partial charge in [0.2, 0.25) is 5.91 Å². The fourth-order valence-corrected chi connectivity index (χ4v) is 5.38. The van der Waals surface area contributed by atoms with Gasteiger partial charge in [0.1, 0.15) is 23.3 Å². The van der Waals surface area contributed by atoms with Crippen LogP contribution < -0.4 is 30.0 Å². The first-order valence-corrected chi connectivity index (χ1v) is 11.8. The number of amides is 1. The summed E-state index contributed by atoms with van der Waals surface area (Å²) < 4.78 is 17.8. The molecule has 0 radical (unpaired) electrons. The number of hydrazine groups is 1. The number of carbonyl (C=O) groups excluding carboxylic acids is 1. The number of halogens is 1. The lowest BCUT2D eigenvalue weighted by Gasteiger charge is -2.33. The molecule has 2 heterocycles. The van der Waals surface area contributed by atoms with E-state index in [1.54, 1.807) is 21.3 Å². The monoisotopic (exact) mass is 523 g/mol. The van der Waals surface area contributed by atoms with Crippen LogP contribution in [-0.4, -0.2) is 33.3 Å². The number of fused-ring (bicyclic) bond motifs is 1. The molecule has 2 aliphatic heterocycles. The van der Waals surface area contributed by atoms with Crippen LogP contribution in [0.5, 0.6) is 17.2 Å². The number of carbonyl (C=O) groups is 1. The van der Waals surface area contributed by atoms with E-state index in [1.807, 2.05) is 71.6 Å². The molecule has 2 saturated heterocycles. The Morgan fingerprint density at radius 1 is 0.794 bits per heavy atom. The van der Waals surface area contributed by atoms with Gasteiger partial charge in [-0.3, -0.25) is 4.79 Å². The number of nitrogens with one attached hydrogen (secondary N) is 2. The third-order valence-corrected chi connectivity index (χ3v) is 7.18. The van der Waals surface area contributed by atoms with Gasteiger partial charge >= 0.3 is 0 Å². The van der Waals surface area contributed by atoms with Crippen molar-refractivity contribution in [3.8, 4) is 17.2 Å². The van der Waals surface area contributed by atoms with Crippen LogP contribution in [0.2, 0.25) is 0 Å². The molecular formula is C26H26BrN3O4. The predicted octanol–water partition coefficient (Wildman–Crippen LogP) is 4.40. The quantitative estimate of drug-likeness (QED) is 0.499. The van der Waals surface area contributed by atoms with E-state index in [-0.39, 0.29) is 23.9 Å². The molecule has 5 rings (SSSR count). The number of ether oxygens (including phenoxy) is 3. The number of nitrogens with zero attached hydrogens (tertiary/aromatic N) is 1. The van der Waals surface area contributed by atoms with E-state index in [1.165, 1.54) is 0 Å². The number of hydrogen-bond donors (Lipinski definition) is 2. The van der Waals surface area contributed by atoms with Crippen LogP contribution in [0.1, 0.15) is 23.2 Å². The second kappa shape index (κ2) is 9.29. The molecule has 1 amide bonds. The Morgan fingerprint density at radius 2 is 1.41 bits per heavy atom. The molecule has 176 valence electrons. The van der Waals surface area contributed by atoms with Crippen molar-refractivity contribution in [1.82, 2.24) is 10.9 Å². The summed E-state index contributed by atoms with van der Waals surface area (Å²) in [5, 5.41) is 0. The van der Waals surface area contributed by atoms with Crippen LogP contribution in [0.3, 0.4) is 0 Å². The van der Waals surface area contributed by atoms with Crippen molar-refractivity contribution in [3.63, 3.8) is 0 Å². The first-order valence-electron chi connectivity index (χ1n) is 11.0. The maximum absolute atomic E-state index is 13.8. The molecule has 0 aromatic heterocycles. The average Bonchev–Trinajstić information content (AvgIpc) is 3.43. The number of anilines is 1. The first-order chi connectivity index (χ1) is 16.6. The summed E-state index contributed by atoms with van der Waals surface area (Å²) in [5.41, 5.74) is 9.36. The lowest BCUT2D eigenvalue weighted by atomic mass is 9.82. The summed E-state index contributed by atoms with van der Waals surface area (Å²) in [6.45, 7) is 0. The molecule has 3 aromatic rings. The maximum Gasteiger partial charge on any atom is 0.246 e. The zero-order valence-corrected chi connectivity index (χ0v) is 20.7. The normalized spacial score (nSPS) is 23.6. The Morgan fingerprint density at radius 3 is 2.00 bits per heavy atom. The minimum absolute atomic E-state index is 0.00575. The molecule has 34 heavy (non-hydrogen) atoms. The number of rotatable bonds is 6. The summed E-state index contributed by atoms with van der Waals surface area (Å²) in [7, 11) is 4.93. The number of hydrogen-bond acceptors (Lipinski definition) is 6. The third kappa shape index (κ3) is 3.72. The lowest BCUT2D eigenvalue weighted by molar-refractivity contribution is -0.119. The van der Waals surface area contributed by atoms with Gasteiger partial charge in [0.25, 0.3) is 0 Å². The van der Waals surface area contributed by atoms with Gasteiger partial charge in [-0.2, -0.15) is 0 Å². The highest BCUT2D eigenvalue weighted by Crippen LogP contribution is 2.53. The van der Waals surface area contributed by atoms with E-state index in [4.69, 9.17) is 14.2 Å². The van der Waals surface area contributed by atoms with Crippen LogP contribution in [0, 0.1) is 5.92 Å². The molecular weight excluding hydrogens is 498 g/mol. The standard InChI is InChI=1S/C26H26BrN3O4/c1-32-18-13-7-15(8-14-18)23-22-24(29-28-23)26(31)30(17-11-9-16(27)10-12-17)25(22)21-19(33-2)5-4-6-20(21)34-3/h4-14,22-25,28-29H,1-3H3. The SMILES string of the molecule is COc1ccc(C2NNC3C(=O)N(c4ccc(Br)cc4)C(c4c(OC)cccc4OC)C32)cc1. The Kier molecular flexibility index (Phi) is 6.20. The van der Waals surface area contributed by atoms with Crippen molar-refractivity contribution in [2.75, 3.05) is 26.2 Å². The van der Waals surface area contributed by atoms with Crippen molar-refractivity contribution >= 4 is 27.5 Å². The molecule has 7 nitrogen and oxygen atoms in total. The summed E-state index contributed by atoms with van der Waals surface area (Å²) in [4.78, 5) is 15.7. The first kappa shape index (κ1) is 22.7. The topological polar surface area (TPSA) is 72.1 Å². The highest BCUT2D eigenvalue weighted by Gasteiger charge is 2.57. The minimum Gasteiger partial charge on any atom is -0.497 e. The molecule has 2 N–H and O–H groups in total. The number of benzene rings is 3. The minimum atomic E-state index is -0.421. The Labute approximate surface area is 207 Å². The van der Waals surface area contributed by atoms with Gasteiger partial charge < -0.3 is 19.1 Å². The predicted molar refractivity (Wildman–Crippen MR) is 133 cm³/mol. The van der Waals surface area contributed by atoms with Crippen molar-refractivity contribution in [2.24, 2.45) is 5.92 Å². The Hall–Kier alpha value is -3.07. The van der Waals surface area contributed by atoms with E-state index in [0.717, 1.165) is 27.0 Å². The van der Waals surface area contributed by atoms with E-state index in [0.29, 0.717) is 11.5 Å². The van der Waals surface area contributed by atoms with Crippen molar-refractivity contribution in [2.45, 2.75) is 18.1 Å². The third-order valence-electron chi connectivity index (χ3n) is 6.65. The summed E-state index contributed by atoms with van der Waals surface area (Å²) >= 11 is 3.50. The summed E-state index contributed by atoms with van der Waals surface area (Å²) in [5.74, 6) is 2.01. The smallest absolute Gasteiger partial charge is 0.246 e. The van der Waals surface area contributed by atoms with Gasteiger partial charge in [0.15, 0.2) is 0 Å². The van der Waals surface area contributed by atoms with Crippen LogP contribution in [-0.2, 0) is 4.79 Å². The number of methoxy groups -OCH3 is 3. The highest BCUT2D eigenvalue weighted by molar-refractivity contribution is 9.10. The second-order valence-electron chi connectivity index (χ2n) is 8.30. The largest absolute Gasteiger partial charge is 0.497 e. The maximum atomic E-state index is 13.8. The fraction of sp³-hybridized carbons (Fsp3) is 0.269. The molecule has 0 bridgehead atoms. The van der Waals surface area contributed by atoms with Gasteiger partial charge in [-0.1, -0.05) is 34.1 Å². The van der Waals surface area contributed by atoms with E-state index < -0.39 is 6.04 Å². The van der Waals surface area contributed by atoms with Crippen LogP contribution >= 0.6 is 15.9 Å². The van der Waals surface area contributed by atoms with Crippen LogP contribution in [0.25, 0.3) is 0 Å². The zero-order chi connectivity index (χ0) is 23.8. The van der Waals surface area contributed by atoms with Crippen LogP contribution in [0.4, 0.5) is 5.69 Å². The van der Waals surface area contributed by atoms with Crippen molar-refractivity contribution in [1.29, 1.82) is 0 Å². The van der Waals surface area contributed by atoms with E-state index in [9.17, 15) is 4.79 Å².